The molecule has 1 aliphatic rings. The lowest BCUT2D eigenvalue weighted by Gasteiger charge is -2.31. The van der Waals surface area contributed by atoms with Crippen molar-refractivity contribution in [1.82, 2.24) is 10.3 Å². The highest BCUT2D eigenvalue weighted by Gasteiger charge is 2.65. The Bertz CT molecular complexity index is 1400. The molecule has 0 radical (unpaired) electrons. The first kappa shape index (κ1) is 26.6. The number of hydrogen-bond donors (Lipinski definition) is 3. The Balaban J connectivity index is 1.54. The average molecular weight is 540 g/mol. The van der Waals surface area contributed by atoms with E-state index in [1.807, 2.05) is 0 Å². The number of nitrogens with zero attached hydrogens (tertiary/aromatic N) is 1. The van der Waals surface area contributed by atoms with Crippen LogP contribution >= 0.6 is 0 Å². The number of carbonyl (C=O) groups excluding carboxylic acids is 2. The molecule has 38 heavy (non-hydrogen) atoms. The van der Waals surface area contributed by atoms with Crippen LogP contribution in [0.2, 0.25) is 0 Å². The minimum Gasteiger partial charge on any atom is -0.421 e. The van der Waals surface area contributed by atoms with Gasteiger partial charge in [0.15, 0.2) is 23.1 Å². The number of carbonyl (C=O) groups is 2. The third-order valence-electron chi connectivity index (χ3n) is 5.20. The zero-order valence-corrected chi connectivity index (χ0v) is 19.4. The molecule has 0 spiro atoms. The lowest BCUT2D eigenvalue weighted by molar-refractivity contribution is -0.391. The third-order valence-corrected chi connectivity index (χ3v) is 5.20. The zero-order chi connectivity index (χ0) is 27.7. The van der Waals surface area contributed by atoms with E-state index in [-0.39, 0.29) is 29.2 Å². The predicted molar refractivity (Wildman–Crippen MR) is 121 cm³/mol. The molecule has 2 amide bonds. The standard InChI is InChI=1S/C24H18F6N4O4/c1-2-31-22(36)18-7-12(5-6-32-18)11-33-17-10-16(26)15(25)9-14(17)21(35)34-13-3-4-19-20(8-13)38-24(29,30)23(27,28)37-19/h3-10,33H,2,11H2,1H3,(H,31,36)(H,34,35). The second-order valence-electron chi connectivity index (χ2n) is 7.93. The summed E-state index contributed by atoms with van der Waals surface area (Å²) in [4.78, 5) is 28.8. The van der Waals surface area contributed by atoms with Crippen LogP contribution in [0.5, 0.6) is 11.5 Å². The van der Waals surface area contributed by atoms with Crippen molar-refractivity contribution in [1.29, 1.82) is 0 Å². The number of nitrogens with one attached hydrogen (secondary N) is 3. The van der Waals surface area contributed by atoms with Crippen molar-refractivity contribution in [2.45, 2.75) is 25.7 Å². The Morgan fingerprint density at radius 2 is 1.58 bits per heavy atom. The van der Waals surface area contributed by atoms with Gasteiger partial charge in [0.2, 0.25) is 0 Å². The fraction of sp³-hybridized carbons (Fsp3) is 0.208. The van der Waals surface area contributed by atoms with Gasteiger partial charge in [-0.3, -0.25) is 14.6 Å². The average Bonchev–Trinajstić information content (AvgIpc) is 2.85. The van der Waals surface area contributed by atoms with Gasteiger partial charge in [-0.1, -0.05) is 0 Å². The number of pyridine rings is 1. The Labute approximate surface area is 211 Å². The molecule has 0 fully saturated rings. The van der Waals surface area contributed by atoms with Gasteiger partial charge < -0.3 is 25.4 Å². The molecule has 8 nitrogen and oxygen atoms in total. The Morgan fingerprint density at radius 3 is 2.29 bits per heavy atom. The maximum Gasteiger partial charge on any atom is 0.507 e. The lowest BCUT2D eigenvalue weighted by atomic mass is 10.1. The molecule has 2 aromatic carbocycles. The number of alkyl halides is 4. The third kappa shape index (κ3) is 5.43. The first-order chi connectivity index (χ1) is 17.9. The summed E-state index contributed by atoms with van der Waals surface area (Å²) in [7, 11) is 0. The van der Waals surface area contributed by atoms with Crippen LogP contribution in [0.25, 0.3) is 0 Å². The summed E-state index contributed by atoms with van der Waals surface area (Å²) in [6, 6.07) is 7.12. The maximum atomic E-state index is 14.0. The summed E-state index contributed by atoms with van der Waals surface area (Å²) in [5.74, 6) is -5.47. The van der Waals surface area contributed by atoms with E-state index in [4.69, 9.17) is 0 Å². The highest BCUT2D eigenvalue weighted by atomic mass is 19.3. The second-order valence-corrected chi connectivity index (χ2v) is 7.93. The second kappa shape index (κ2) is 10.1. The fourth-order valence-corrected chi connectivity index (χ4v) is 3.38. The number of benzene rings is 2. The van der Waals surface area contributed by atoms with E-state index in [2.05, 4.69) is 30.4 Å². The van der Waals surface area contributed by atoms with Crippen LogP contribution in [0, 0.1) is 11.6 Å². The van der Waals surface area contributed by atoms with Gasteiger partial charge in [0.05, 0.1) is 11.3 Å². The first-order valence-electron chi connectivity index (χ1n) is 11.0. The van der Waals surface area contributed by atoms with E-state index in [1.54, 1.807) is 13.0 Å². The molecule has 3 aromatic rings. The van der Waals surface area contributed by atoms with Crippen LogP contribution in [0.15, 0.2) is 48.7 Å². The van der Waals surface area contributed by atoms with Crippen LogP contribution < -0.4 is 25.4 Å². The molecule has 0 aliphatic carbocycles. The van der Waals surface area contributed by atoms with Crippen LogP contribution in [-0.2, 0) is 6.54 Å². The highest BCUT2D eigenvalue weighted by molar-refractivity contribution is 6.08. The molecule has 2 heterocycles. The molecule has 0 saturated heterocycles. The van der Waals surface area contributed by atoms with Crippen molar-refractivity contribution >= 4 is 23.2 Å². The minimum atomic E-state index is -4.97. The highest BCUT2D eigenvalue weighted by Crippen LogP contribution is 2.47. The summed E-state index contributed by atoms with van der Waals surface area (Å²) in [5, 5.41) is 7.65. The van der Waals surface area contributed by atoms with E-state index in [0.717, 1.165) is 24.3 Å². The molecule has 0 atom stereocenters. The molecule has 1 aliphatic heterocycles. The van der Waals surface area contributed by atoms with Gasteiger partial charge in [-0.15, -0.1) is 0 Å². The van der Waals surface area contributed by atoms with Gasteiger partial charge in [-0.05, 0) is 42.8 Å². The van der Waals surface area contributed by atoms with E-state index >= 15 is 0 Å². The number of amides is 2. The number of hydrogen-bond acceptors (Lipinski definition) is 6. The topological polar surface area (TPSA) is 102 Å². The number of anilines is 2. The van der Waals surface area contributed by atoms with Crippen LogP contribution in [0.4, 0.5) is 37.7 Å². The lowest BCUT2D eigenvalue weighted by Crippen LogP contribution is -2.52. The normalized spacial score (nSPS) is 14.9. The molecule has 1 aromatic heterocycles. The molecule has 14 heteroatoms. The molecule has 200 valence electrons. The largest absolute Gasteiger partial charge is 0.507 e. The van der Waals surface area contributed by atoms with Gasteiger partial charge >= 0.3 is 12.2 Å². The number of halogens is 6. The first-order valence-corrected chi connectivity index (χ1v) is 11.0. The van der Waals surface area contributed by atoms with Crippen LogP contribution in [0.3, 0.4) is 0 Å². The van der Waals surface area contributed by atoms with Gasteiger partial charge in [0.1, 0.15) is 5.69 Å². The van der Waals surface area contributed by atoms with Crippen molar-refractivity contribution in [2.75, 3.05) is 17.2 Å². The number of fused-ring (bicyclic) bond motifs is 1. The maximum absolute atomic E-state index is 14.0. The molecule has 0 saturated carbocycles. The Kier molecular flexibility index (Phi) is 7.07. The quantitative estimate of drug-likeness (QED) is 0.368. The fourth-order valence-electron chi connectivity index (χ4n) is 3.38. The van der Waals surface area contributed by atoms with E-state index in [0.29, 0.717) is 18.2 Å². The van der Waals surface area contributed by atoms with Crippen molar-refractivity contribution < 1.29 is 45.4 Å². The molecule has 0 unspecified atom stereocenters. The van der Waals surface area contributed by atoms with Gasteiger partial charge in [0.25, 0.3) is 11.8 Å². The predicted octanol–water partition coefficient (Wildman–Crippen LogP) is 4.93. The van der Waals surface area contributed by atoms with Crippen LogP contribution in [-0.4, -0.2) is 35.6 Å². The molecule has 0 bridgehead atoms. The van der Waals surface area contributed by atoms with E-state index < -0.39 is 47.2 Å². The van der Waals surface area contributed by atoms with Gasteiger partial charge in [-0.2, -0.15) is 17.6 Å². The van der Waals surface area contributed by atoms with Crippen molar-refractivity contribution in [2.24, 2.45) is 0 Å². The molecular formula is C24H18F6N4O4. The van der Waals surface area contributed by atoms with Gasteiger partial charge in [0, 0.05) is 37.1 Å². The summed E-state index contributed by atoms with van der Waals surface area (Å²) in [6.07, 6.45) is -8.50. The molecule has 4 rings (SSSR count). The summed E-state index contributed by atoms with van der Waals surface area (Å²) < 4.78 is 89.7. The molecular weight excluding hydrogens is 522 g/mol. The van der Waals surface area contributed by atoms with E-state index in [9.17, 15) is 35.9 Å². The number of rotatable bonds is 7. The number of aromatic nitrogens is 1. The summed E-state index contributed by atoms with van der Waals surface area (Å²) >= 11 is 0. The van der Waals surface area contributed by atoms with Crippen molar-refractivity contribution in [3.8, 4) is 11.5 Å². The van der Waals surface area contributed by atoms with E-state index in [1.165, 1.54) is 12.3 Å². The Hall–Kier alpha value is -4.49. The SMILES string of the molecule is CCNC(=O)c1cc(CNc2cc(F)c(F)cc2C(=O)Nc2ccc3c(c2)OC(F)(F)C(F)(F)O3)ccn1. The van der Waals surface area contributed by atoms with Gasteiger partial charge in [-0.25, -0.2) is 8.78 Å². The number of ether oxygens (including phenoxy) is 2. The summed E-state index contributed by atoms with van der Waals surface area (Å²) in [6.45, 7) is 2.10. The summed E-state index contributed by atoms with van der Waals surface area (Å²) in [5.41, 5.74) is -0.0387. The smallest absolute Gasteiger partial charge is 0.421 e. The van der Waals surface area contributed by atoms with Crippen molar-refractivity contribution in [3.05, 3.63) is 77.1 Å². The minimum absolute atomic E-state index is 0.0202. The monoisotopic (exact) mass is 540 g/mol. The van der Waals surface area contributed by atoms with Crippen molar-refractivity contribution in [3.63, 3.8) is 0 Å². The molecule has 3 N–H and O–H groups in total. The Morgan fingerprint density at radius 1 is 0.895 bits per heavy atom. The van der Waals surface area contributed by atoms with Crippen LogP contribution in [0.1, 0.15) is 33.3 Å². The zero-order valence-electron chi connectivity index (χ0n) is 19.4.